The third kappa shape index (κ3) is 5.62. The number of thiophene rings is 2. The Bertz CT molecular complexity index is 3160. The first-order chi connectivity index (χ1) is 27.7. The van der Waals surface area contributed by atoms with E-state index < -0.39 is 0 Å². The summed E-state index contributed by atoms with van der Waals surface area (Å²) in [4.78, 5) is 4.79. The van der Waals surface area contributed by atoms with Crippen LogP contribution >= 0.6 is 22.7 Å². The smallest absolute Gasteiger partial charge is 0.0640 e. The average molecular weight is 751 g/mol. The predicted octanol–water partition coefficient (Wildman–Crippen LogP) is 16.2. The lowest BCUT2D eigenvalue weighted by atomic mass is 10.0. The molecule has 0 saturated heterocycles. The molecule has 11 rings (SSSR count). The van der Waals surface area contributed by atoms with Crippen LogP contribution in [-0.2, 0) is 0 Å². The Balaban J connectivity index is 1.06. The number of benzene rings is 9. The van der Waals surface area contributed by atoms with Crippen molar-refractivity contribution >= 4 is 108 Å². The quantitative estimate of drug-likeness (QED) is 0.160. The zero-order valence-electron chi connectivity index (χ0n) is 30.3. The number of nitrogens with zero attached hydrogens (tertiary/aromatic N) is 2. The normalized spacial score (nSPS) is 11.6. The van der Waals surface area contributed by atoms with Crippen molar-refractivity contribution in [1.29, 1.82) is 0 Å². The van der Waals surface area contributed by atoms with Crippen LogP contribution in [0.3, 0.4) is 0 Å². The van der Waals surface area contributed by atoms with Crippen LogP contribution in [0.15, 0.2) is 206 Å². The van der Waals surface area contributed by atoms with Crippen molar-refractivity contribution < 1.29 is 0 Å². The molecule has 0 radical (unpaired) electrons. The van der Waals surface area contributed by atoms with E-state index in [9.17, 15) is 0 Å². The summed E-state index contributed by atoms with van der Waals surface area (Å²) >= 11 is 3.73. The van der Waals surface area contributed by atoms with Crippen molar-refractivity contribution in [3.05, 3.63) is 206 Å². The molecule has 56 heavy (non-hydrogen) atoms. The number of fused-ring (bicyclic) bond motifs is 7. The first kappa shape index (κ1) is 32.7. The van der Waals surface area contributed by atoms with Crippen molar-refractivity contribution in [2.45, 2.75) is 0 Å². The summed E-state index contributed by atoms with van der Waals surface area (Å²) in [6, 6.07) is 75.1. The van der Waals surface area contributed by atoms with Gasteiger partial charge in [-0.1, -0.05) is 127 Å². The third-order valence-corrected chi connectivity index (χ3v) is 13.1. The van der Waals surface area contributed by atoms with E-state index in [2.05, 4.69) is 216 Å². The predicted molar refractivity (Wildman–Crippen MR) is 245 cm³/mol. The maximum Gasteiger partial charge on any atom is 0.0640 e. The SMILES string of the molecule is c1ccc(N(c2ccccc2)c2cccc3c2sc2cc(N(c4ccc(-c5ccc6ccccc6c5)cc4)c4ccc5c(c4)sc4ccccc45)ccc23)cc1. The molecule has 0 aliphatic heterocycles. The van der Waals surface area contributed by atoms with Gasteiger partial charge in [0.05, 0.1) is 10.4 Å². The lowest BCUT2D eigenvalue weighted by Gasteiger charge is -2.26. The van der Waals surface area contributed by atoms with Gasteiger partial charge in [0.1, 0.15) is 0 Å². The largest absolute Gasteiger partial charge is 0.310 e. The number of hydrogen-bond acceptors (Lipinski definition) is 4. The van der Waals surface area contributed by atoms with Crippen LogP contribution in [0, 0.1) is 0 Å². The van der Waals surface area contributed by atoms with Crippen LogP contribution in [0.25, 0.3) is 62.2 Å². The topological polar surface area (TPSA) is 6.48 Å². The molecule has 0 spiro atoms. The molecule has 2 heterocycles. The van der Waals surface area contributed by atoms with Gasteiger partial charge in [-0.25, -0.2) is 0 Å². The molecule has 0 unspecified atom stereocenters. The fourth-order valence-electron chi connectivity index (χ4n) is 8.14. The molecule has 0 aliphatic carbocycles. The van der Waals surface area contributed by atoms with Crippen molar-refractivity contribution in [3.8, 4) is 11.1 Å². The van der Waals surface area contributed by atoms with Crippen molar-refractivity contribution in [3.63, 3.8) is 0 Å². The Kier molecular flexibility index (Phi) is 7.90. The highest BCUT2D eigenvalue weighted by Crippen LogP contribution is 2.47. The summed E-state index contributed by atoms with van der Waals surface area (Å²) in [7, 11) is 0. The zero-order valence-corrected chi connectivity index (χ0v) is 32.0. The van der Waals surface area contributed by atoms with Crippen LogP contribution < -0.4 is 9.80 Å². The van der Waals surface area contributed by atoms with Crippen LogP contribution in [0.5, 0.6) is 0 Å². The Morgan fingerprint density at radius 3 is 1.55 bits per heavy atom. The third-order valence-electron chi connectivity index (χ3n) is 10.8. The average Bonchev–Trinajstić information content (AvgIpc) is 3.83. The Hall–Kier alpha value is -6.72. The Morgan fingerprint density at radius 2 is 0.821 bits per heavy atom. The van der Waals surface area contributed by atoms with Gasteiger partial charge in [0.25, 0.3) is 0 Å². The van der Waals surface area contributed by atoms with Gasteiger partial charge in [-0.15, -0.1) is 22.7 Å². The van der Waals surface area contributed by atoms with E-state index in [0.717, 1.165) is 28.4 Å². The lowest BCUT2D eigenvalue weighted by molar-refractivity contribution is 1.30. The maximum absolute atomic E-state index is 2.42. The van der Waals surface area contributed by atoms with Crippen molar-refractivity contribution in [2.24, 2.45) is 0 Å². The van der Waals surface area contributed by atoms with Gasteiger partial charge in [0.15, 0.2) is 0 Å². The second-order valence-electron chi connectivity index (χ2n) is 14.2. The van der Waals surface area contributed by atoms with E-state index in [0.29, 0.717) is 0 Å². The molecule has 2 aromatic heterocycles. The molecule has 0 saturated carbocycles. The Morgan fingerprint density at radius 1 is 0.286 bits per heavy atom. The highest BCUT2D eigenvalue weighted by Gasteiger charge is 2.20. The summed E-state index contributed by atoms with van der Waals surface area (Å²) in [5.41, 5.74) is 9.27. The molecule has 0 atom stereocenters. The van der Waals surface area contributed by atoms with Crippen molar-refractivity contribution in [2.75, 3.05) is 9.80 Å². The second kappa shape index (κ2) is 13.5. The standard InChI is InChI=1S/C52H34N2S2/c1-3-14-39(15-4-1)54(40-16-5-2-6-17-40)48-20-11-19-47-46-31-29-43(34-51(46)56-52(47)48)53(42-28-30-45-44-18-9-10-21-49(44)55-50(45)33-42)41-26-24-36(25-27-41)38-23-22-35-12-7-8-13-37(35)32-38/h1-34H. The van der Waals surface area contributed by atoms with Crippen LogP contribution in [-0.4, -0.2) is 0 Å². The molecule has 0 fully saturated rings. The molecule has 2 nitrogen and oxygen atoms in total. The fourth-order valence-corrected chi connectivity index (χ4v) is 10.5. The van der Waals surface area contributed by atoms with E-state index in [1.807, 2.05) is 22.7 Å². The van der Waals surface area contributed by atoms with Gasteiger partial charge in [0.2, 0.25) is 0 Å². The van der Waals surface area contributed by atoms with Gasteiger partial charge < -0.3 is 9.80 Å². The van der Waals surface area contributed by atoms with E-state index in [1.165, 1.54) is 67.9 Å². The molecule has 264 valence electrons. The molecule has 4 heteroatoms. The first-order valence-electron chi connectivity index (χ1n) is 18.9. The molecular formula is C52H34N2S2. The summed E-state index contributed by atoms with van der Waals surface area (Å²) in [5, 5.41) is 7.66. The minimum absolute atomic E-state index is 1.12. The molecule has 0 N–H and O–H groups in total. The minimum atomic E-state index is 1.12. The van der Waals surface area contributed by atoms with Crippen LogP contribution in [0.1, 0.15) is 0 Å². The molecule has 0 bridgehead atoms. The number of hydrogen-bond donors (Lipinski definition) is 0. The fraction of sp³-hybridized carbons (Fsp3) is 0. The molecular weight excluding hydrogens is 717 g/mol. The summed E-state index contributed by atoms with van der Waals surface area (Å²) in [6.07, 6.45) is 0. The van der Waals surface area contributed by atoms with E-state index in [4.69, 9.17) is 0 Å². The lowest BCUT2D eigenvalue weighted by Crippen LogP contribution is -2.09. The molecule has 0 aliphatic rings. The zero-order chi connectivity index (χ0) is 37.0. The Labute approximate surface area is 333 Å². The number of anilines is 6. The first-order valence-corrected chi connectivity index (χ1v) is 20.5. The molecule has 11 aromatic rings. The number of rotatable bonds is 7. The second-order valence-corrected chi connectivity index (χ2v) is 16.3. The summed E-state index contributed by atoms with van der Waals surface area (Å²) in [6.45, 7) is 0. The van der Waals surface area contributed by atoms with E-state index in [-0.39, 0.29) is 0 Å². The highest BCUT2D eigenvalue weighted by atomic mass is 32.1. The van der Waals surface area contributed by atoms with Gasteiger partial charge >= 0.3 is 0 Å². The summed E-state index contributed by atoms with van der Waals surface area (Å²) in [5.74, 6) is 0. The maximum atomic E-state index is 2.42. The van der Waals surface area contributed by atoms with Gasteiger partial charge in [-0.05, 0) is 101 Å². The monoisotopic (exact) mass is 750 g/mol. The van der Waals surface area contributed by atoms with Gasteiger partial charge in [-0.3, -0.25) is 0 Å². The van der Waals surface area contributed by atoms with Crippen LogP contribution in [0.4, 0.5) is 34.1 Å². The number of para-hydroxylation sites is 2. The van der Waals surface area contributed by atoms with Gasteiger partial charge in [-0.2, -0.15) is 0 Å². The van der Waals surface area contributed by atoms with Crippen LogP contribution in [0.2, 0.25) is 0 Å². The molecule has 9 aromatic carbocycles. The van der Waals surface area contributed by atoms with Crippen molar-refractivity contribution in [1.82, 2.24) is 0 Å². The minimum Gasteiger partial charge on any atom is -0.310 e. The summed E-state index contributed by atoms with van der Waals surface area (Å²) < 4.78 is 5.13. The van der Waals surface area contributed by atoms with Gasteiger partial charge in [0, 0.05) is 64.1 Å². The highest BCUT2D eigenvalue weighted by molar-refractivity contribution is 7.26. The van der Waals surface area contributed by atoms with E-state index in [1.54, 1.807) is 0 Å². The van der Waals surface area contributed by atoms with E-state index >= 15 is 0 Å². The molecule has 0 amide bonds.